The molecule has 0 atom stereocenters. The highest BCUT2D eigenvalue weighted by Gasteiger charge is 2.22. The van der Waals surface area contributed by atoms with Crippen LogP contribution in [-0.4, -0.2) is 28.3 Å². The number of amides is 2. The van der Waals surface area contributed by atoms with Crippen LogP contribution in [0.1, 0.15) is 22.8 Å². The van der Waals surface area contributed by atoms with Crippen molar-refractivity contribution in [2.45, 2.75) is 13.3 Å². The summed E-state index contributed by atoms with van der Waals surface area (Å²) in [5.74, 6) is -0.148. The van der Waals surface area contributed by atoms with Crippen LogP contribution in [0, 0.1) is 0 Å². The highest BCUT2D eigenvalue weighted by atomic mass is 32.1. The van der Waals surface area contributed by atoms with Crippen molar-refractivity contribution in [1.82, 2.24) is 9.97 Å². The Hall–Kier alpha value is -3.06. The van der Waals surface area contributed by atoms with Crippen LogP contribution < -0.4 is 10.2 Å². The molecule has 0 aliphatic carbocycles. The normalized spacial score (nSPS) is 12.7. The number of pyridine rings is 1. The molecular weight excluding hydrogens is 348 g/mol. The highest BCUT2D eigenvalue weighted by Crippen LogP contribution is 2.33. The predicted molar refractivity (Wildman–Crippen MR) is 101 cm³/mol. The number of rotatable bonds is 3. The molecule has 1 aliphatic rings. The van der Waals surface area contributed by atoms with Gasteiger partial charge >= 0.3 is 0 Å². The van der Waals surface area contributed by atoms with Crippen LogP contribution in [0.5, 0.6) is 0 Å². The molecule has 26 heavy (non-hydrogen) atoms. The van der Waals surface area contributed by atoms with Gasteiger partial charge in [-0.2, -0.15) is 0 Å². The number of anilines is 2. The summed E-state index contributed by atoms with van der Waals surface area (Å²) >= 11 is 1.38. The number of fused-ring (bicyclic) bond motifs is 1. The standard InChI is InChI=1S/C19H16N4O2S/c1-12(24)23-9-6-15-10-14(2-3-17(15)23)16-11-26-19(21-16)22-18(25)13-4-7-20-8-5-13/h2-5,7-8,10-11H,6,9H2,1H3,(H,21,22,25). The first-order valence-electron chi connectivity index (χ1n) is 8.20. The third kappa shape index (κ3) is 3.09. The van der Waals surface area contributed by atoms with Gasteiger partial charge in [0.25, 0.3) is 5.91 Å². The van der Waals surface area contributed by atoms with E-state index in [0.29, 0.717) is 10.7 Å². The molecule has 0 radical (unpaired) electrons. The predicted octanol–water partition coefficient (Wildman–Crippen LogP) is 3.37. The summed E-state index contributed by atoms with van der Waals surface area (Å²) in [7, 11) is 0. The first-order chi connectivity index (χ1) is 12.6. The van der Waals surface area contributed by atoms with Crippen LogP contribution in [0.2, 0.25) is 0 Å². The number of thiazole rings is 1. The zero-order valence-corrected chi connectivity index (χ0v) is 14.9. The molecule has 7 heteroatoms. The van der Waals surface area contributed by atoms with Crippen molar-refractivity contribution >= 4 is 34.0 Å². The smallest absolute Gasteiger partial charge is 0.257 e. The fourth-order valence-electron chi connectivity index (χ4n) is 3.02. The maximum atomic E-state index is 12.2. The molecule has 3 aromatic rings. The second kappa shape index (κ2) is 6.68. The van der Waals surface area contributed by atoms with Crippen LogP contribution in [0.15, 0.2) is 48.1 Å². The van der Waals surface area contributed by atoms with E-state index in [1.54, 1.807) is 36.4 Å². The van der Waals surface area contributed by atoms with Crippen molar-refractivity contribution in [2.75, 3.05) is 16.8 Å². The van der Waals surface area contributed by atoms with Crippen molar-refractivity contribution in [3.05, 3.63) is 59.2 Å². The summed E-state index contributed by atoms with van der Waals surface area (Å²) in [6, 6.07) is 9.31. The Morgan fingerprint density at radius 2 is 2.00 bits per heavy atom. The summed E-state index contributed by atoms with van der Waals surface area (Å²) < 4.78 is 0. The van der Waals surface area contributed by atoms with Crippen LogP contribution >= 0.6 is 11.3 Å². The number of aromatic nitrogens is 2. The van der Waals surface area contributed by atoms with Gasteiger partial charge in [0, 0.05) is 48.1 Å². The monoisotopic (exact) mass is 364 g/mol. The molecule has 1 aromatic carbocycles. The van der Waals surface area contributed by atoms with Crippen LogP contribution in [0.4, 0.5) is 10.8 Å². The molecule has 0 fully saturated rings. The quantitative estimate of drug-likeness (QED) is 0.773. The van der Waals surface area contributed by atoms with Crippen molar-refractivity contribution < 1.29 is 9.59 Å². The van der Waals surface area contributed by atoms with E-state index in [1.165, 1.54) is 11.3 Å². The molecule has 3 heterocycles. The molecule has 130 valence electrons. The lowest BCUT2D eigenvalue weighted by atomic mass is 10.1. The Balaban J connectivity index is 1.54. The zero-order chi connectivity index (χ0) is 18.1. The Morgan fingerprint density at radius 1 is 1.19 bits per heavy atom. The van der Waals surface area contributed by atoms with Gasteiger partial charge in [0.15, 0.2) is 5.13 Å². The van der Waals surface area contributed by atoms with E-state index >= 15 is 0 Å². The Kier molecular flexibility index (Phi) is 4.22. The van der Waals surface area contributed by atoms with Gasteiger partial charge < -0.3 is 4.90 Å². The second-order valence-corrected chi connectivity index (χ2v) is 6.85. The molecule has 0 saturated heterocycles. The average Bonchev–Trinajstić information content (AvgIpc) is 3.28. The molecule has 1 N–H and O–H groups in total. The third-order valence-corrected chi connectivity index (χ3v) is 5.08. The lowest BCUT2D eigenvalue weighted by Gasteiger charge is -2.14. The number of nitrogens with one attached hydrogen (secondary N) is 1. The summed E-state index contributed by atoms with van der Waals surface area (Å²) in [4.78, 5) is 34.1. The average molecular weight is 364 g/mol. The van der Waals surface area contributed by atoms with E-state index in [1.807, 2.05) is 17.5 Å². The summed E-state index contributed by atoms with van der Waals surface area (Å²) in [5.41, 5.74) is 4.45. The third-order valence-electron chi connectivity index (χ3n) is 4.32. The van der Waals surface area contributed by atoms with Crippen LogP contribution in [0.3, 0.4) is 0 Å². The van der Waals surface area contributed by atoms with E-state index < -0.39 is 0 Å². The molecule has 0 unspecified atom stereocenters. The minimum atomic E-state index is -0.209. The van der Waals surface area contributed by atoms with Crippen molar-refractivity contribution in [2.24, 2.45) is 0 Å². The molecule has 0 saturated carbocycles. The first-order valence-corrected chi connectivity index (χ1v) is 9.08. The first kappa shape index (κ1) is 16.4. The Labute approximate surface area is 154 Å². The number of carbonyl (C=O) groups excluding carboxylic acids is 2. The number of nitrogens with zero attached hydrogens (tertiary/aromatic N) is 3. The van der Waals surface area contributed by atoms with Crippen LogP contribution in [-0.2, 0) is 11.2 Å². The lowest BCUT2D eigenvalue weighted by molar-refractivity contribution is -0.116. The zero-order valence-electron chi connectivity index (χ0n) is 14.1. The van der Waals surface area contributed by atoms with Gasteiger partial charge in [-0.05, 0) is 36.2 Å². The van der Waals surface area contributed by atoms with Gasteiger partial charge in [-0.3, -0.25) is 19.9 Å². The number of carbonyl (C=O) groups is 2. The molecule has 4 rings (SSSR count). The topological polar surface area (TPSA) is 75.2 Å². The van der Waals surface area contributed by atoms with E-state index in [4.69, 9.17) is 0 Å². The van der Waals surface area contributed by atoms with E-state index in [9.17, 15) is 9.59 Å². The van der Waals surface area contributed by atoms with E-state index in [2.05, 4.69) is 21.4 Å². The minimum absolute atomic E-state index is 0.0614. The van der Waals surface area contributed by atoms with Crippen molar-refractivity contribution in [1.29, 1.82) is 0 Å². The molecule has 6 nitrogen and oxygen atoms in total. The van der Waals surface area contributed by atoms with Gasteiger partial charge in [-0.1, -0.05) is 6.07 Å². The Morgan fingerprint density at radius 3 is 2.77 bits per heavy atom. The van der Waals surface area contributed by atoms with Gasteiger partial charge in [0.1, 0.15) is 0 Å². The summed E-state index contributed by atoms with van der Waals surface area (Å²) in [5, 5.41) is 5.28. The fourth-order valence-corrected chi connectivity index (χ4v) is 3.74. The maximum absolute atomic E-state index is 12.2. The molecule has 2 amide bonds. The van der Waals surface area contributed by atoms with E-state index in [0.717, 1.165) is 35.5 Å². The highest BCUT2D eigenvalue weighted by molar-refractivity contribution is 7.14. The maximum Gasteiger partial charge on any atom is 0.257 e. The van der Waals surface area contributed by atoms with Gasteiger partial charge in [0.05, 0.1) is 5.69 Å². The minimum Gasteiger partial charge on any atom is -0.312 e. The lowest BCUT2D eigenvalue weighted by Crippen LogP contribution is -2.25. The molecule has 0 bridgehead atoms. The SMILES string of the molecule is CC(=O)N1CCc2cc(-c3csc(NC(=O)c4ccncc4)n3)ccc21. The van der Waals surface area contributed by atoms with Gasteiger partial charge in [0.2, 0.25) is 5.91 Å². The summed E-state index contributed by atoms with van der Waals surface area (Å²) in [6.07, 6.45) is 4.01. The van der Waals surface area contributed by atoms with Gasteiger partial charge in [-0.25, -0.2) is 4.98 Å². The molecular formula is C19H16N4O2S. The second-order valence-electron chi connectivity index (χ2n) is 5.99. The molecule has 0 spiro atoms. The van der Waals surface area contributed by atoms with Crippen LogP contribution in [0.25, 0.3) is 11.3 Å². The van der Waals surface area contributed by atoms with E-state index in [-0.39, 0.29) is 11.8 Å². The molecule has 2 aromatic heterocycles. The number of benzene rings is 1. The number of hydrogen-bond acceptors (Lipinski definition) is 5. The number of hydrogen-bond donors (Lipinski definition) is 1. The fraction of sp³-hybridized carbons (Fsp3) is 0.158. The Bertz CT molecular complexity index is 984. The molecule has 1 aliphatic heterocycles. The van der Waals surface area contributed by atoms with Gasteiger partial charge in [-0.15, -0.1) is 11.3 Å². The van der Waals surface area contributed by atoms with Crippen molar-refractivity contribution in [3.63, 3.8) is 0 Å². The summed E-state index contributed by atoms with van der Waals surface area (Å²) in [6.45, 7) is 2.31. The van der Waals surface area contributed by atoms with Crippen molar-refractivity contribution in [3.8, 4) is 11.3 Å². The largest absolute Gasteiger partial charge is 0.312 e.